The maximum atomic E-state index is 2.41. The van der Waals surface area contributed by atoms with Crippen LogP contribution in [0.1, 0.15) is 18.4 Å². The molecule has 0 fully saturated rings. The number of hydrogen-bond acceptors (Lipinski definition) is 0. The summed E-state index contributed by atoms with van der Waals surface area (Å²) in [5.74, 6) is 0. The second-order valence-electron chi connectivity index (χ2n) is 7.74. The van der Waals surface area contributed by atoms with E-state index in [0.29, 0.717) is 0 Å². The molecule has 5 aromatic rings. The summed E-state index contributed by atoms with van der Waals surface area (Å²) in [6.07, 6.45) is 8.97. The van der Waals surface area contributed by atoms with Crippen LogP contribution in [0.4, 0.5) is 0 Å². The van der Waals surface area contributed by atoms with E-state index in [-0.39, 0.29) is 0 Å². The minimum atomic E-state index is 1.12. The van der Waals surface area contributed by atoms with Gasteiger partial charge in [0.1, 0.15) is 0 Å². The first kappa shape index (κ1) is 15.7. The number of allylic oxidation sites excluding steroid dienone is 4. The lowest BCUT2D eigenvalue weighted by atomic mass is 9.90. The molecule has 132 valence electrons. The fraction of sp³-hybridized carbons (Fsp3) is 0.0714. The van der Waals surface area contributed by atoms with E-state index in [9.17, 15) is 0 Å². The normalized spacial score (nSPS) is 14.2. The predicted molar refractivity (Wildman–Crippen MR) is 123 cm³/mol. The van der Waals surface area contributed by atoms with Crippen molar-refractivity contribution in [1.29, 1.82) is 0 Å². The van der Waals surface area contributed by atoms with E-state index in [2.05, 4.69) is 97.1 Å². The monoisotopic (exact) mass is 356 g/mol. The van der Waals surface area contributed by atoms with Crippen LogP contribution in [-0.2, 0) is 0 Å². The van der Waals surface area contributed by atoms with Crippen LogP contribution in [0.2, 0.25) is 0 Å². The molecule has 0 saturated carbocycles. The van der Waals surface area contributed by atoms with Crippen molar-refractivity contribution in [3.05, 3.63) is 103 Å². The Labute approximate surface area is 164 Å². The van der Waals surface area contributed by atoms with Crippen molar-refractivity contribution < 1.29 is 0 Å². The van der Waals surface area contributed by atoms with Crippen LogP contribution in [0.5, 0.6) is 0 Å². The van der Waals surface area contributed by atoms with E-state index in [0.717, 1.165) is 12.8 Å². The highest BCUT2D eigenvalue weighted by Crippen LogP contribution is 2.36. The summed E-state index contributed by atoms with van der Waals surface area (Å²) in [4.78, 5) is 0. The van der Waals surface area contributed by atoms with Crippen molar-refractivity contribution in [2.24, 2.45) is 0 Å². The molecule has 1 aliphatic carbocycles. The van der Waals surface area contributed by atoms with Gasteiger partial charge in [-0.2, -0.15) is 0 Å². The maximum Gasteiger partial charge on any atom is -0.00986 e. The SMILES string of the molecule is C1=CCCC(c2cccc3cc4ccc5cc6ccccc6cc5c4cc23)=C1. The lowest BCUT2D eigenvalue weighted by Gasteiger charge is -2.14. The van der Waals surface area contributed by atoms with Gasteiger partial charge in [0.15, 0.2) is 0 Å². The van der Waals surface area contributed by atoms with Gasteiger partial charge < -0.3 is 0 Å². The maximum absolute atomic E-state index is 2.41. The molecule has 0 radical (unpaired) electrons. The minimum absolute atomic E-state index is 1.12. The van der Waals surface area contributed by atoms with Gasteiger partial charge in [-0.3, -0.25) is 0 Å². The lowest BCUT2D eigenvalue weighted by Crippen LogP contribution is -1.90. The largest absolute Gasteiger partial charge is 0.0842 e. The molecule has 0 aliphatic heterocycles. The first-order valence-corrected chi connectivity index (χ1v) is 10.0. The van der Waals surface area contributed by atoms with Crippen molar-refractivity contribution in [2.45, 2.75) is 12.8 Å². The van der Waals surface area contributed by atoms with Crippen LogP contribution >= 0.6 is 0 Å². The Balaban J connectivity index is 1.72. The molecule has 0 aromatic heterocycles. The van der Waals surface area contributed by atoms with Gasteiger partial charge in [0.05, 0.1) is 0 Å². The van der Waals surface area contributed by atoms with Gasteiger partial charge in [-0.25, -0.2) is 0 Å². The smallest absolute Gasteiger partial charge is 0.00986 e. The number of benzene rings is 5. The summed E-state index contributed by atoms with van der Waals surface area (Å²) in [7, 11) is 0. The lowest BCUT2D eigenvalue weighted by molar-refractivity contribution is 1.06. The zero-order chi connectivity index (χ0) is 18.5. The van der Waals surface area contributed by atoms with Crippen molar-refractivity contribution in [1.82, 2.24) is 0 Å². The Morgan fingerprint density at radius 1 is 0.536 bits per heavy atom. The van der Waals surface area contributed by atoms with E-state index < -0.39 is 0 Å². The van der Waals surface area contributed by atoms with Crippen LogP contribution in [0, 0.1) is 0 Å². The highest BCUT2D eigenvalue weighted by atomic mass is 14.1. The summed E-state index contributed by atoms with van der Waals surface area (Å²) in [6, 6.07) is 29.3. The molecule has 0 atom stereocenters. The summed E-state index contributed by atoms with van der Waals surface area (Å²) in [5, 5.41) is 10.6. The Morgan fingerprint density at radius 3 is 2.00 bits per heavy atom. The Hall–Kier alpha value is -3.38. The molecule has 0 saturated heterocycles. The van der Waals surface area contributed by atoms with Gasteiger partial charge in [-0.15, -0.1) is 0 Å². The van der Waals surface area contributed by atoms with E-state index in [1.165, 1.54) is 54.2 Å². The number of hydrogen-bond donors (Lipinski definition) is 0. The second-order valence-corrected chi connectivity index (χ2v) is 7.74. The Morgan fingerprint density at radius 2 is 1.21 bits per heavy atom. The molecule has 0 heterocycles. The third-order valence-corrected chi connectivity index (χ3v) is 6.06. The highest BCUT2D eigenvalue weighted by molar-refractivity contribution is 6.16. The zero-order valence-electron chi connectivity index (χ0n) is 15.7. The zero-order valence-corrected chi connectivity index (χ0v) is 15.7. The molecule has 0 unspecified atom stereocenters. The van der Waals surface area contributed by atoms with Gasteiger partial charge in [0, 0.05) is 0 Å². The summed E-state index contributed by atoms with van der Waals surface area (Å²) in [5.41, 5.74) is 2.82. The fourth-order valence-corrected chi connectivity index (χ4v) is 4.63. The molecular formula is C28H20. The van der Waals surface area contributed by atoms with Crippen molar-refractivity contribution >= 4 is 48.7 Å². The molecule has 1 aliphatic rings. The molecule has 0 heteroatoms. The van der Waals surface area contributed by atoms with Gasteiger partial charge in [0.25, 0.3) is 0 Å². The first-order valence-electron chi connectivity index (χ1n) is 10.0. The third-order valence-electron chi connectivity index (χ3n) is 6.06. The molecule has 5 aromatic carbocycles. The van der Waals surface area contributed by atoms with Gasteiger partial charge in [-0.05, 0) is 91.3 Å². The summed E-state index contributed by atoms with van der Waals surface area (Å²) >= 11 is 0. The van der Waals surface area contributed by atoms with Crippen LogP contribution in [0.15, 0.2) is 97.1 Å². The van der Waals surface area contributed by atoms with Crippen LogP contribution in [0.3, 0.4) is 0 Å². The number of rotatable bonds is 1. The van der Waals surface area contributed by atoms with Crippen LogP contribution in [0.25, 0.3) is 48.7 Å². The molecular weight excluding hydrogens is 336 g/mol. The molecule has 0 amide bonds. The van der Waals surface area contributed by atoms with Gasteiger partial charge in [0.2, 0.25) is 0 Å². The van der Waals surface area contributed by atoms with Crippen molar-refractivity contribution in [2.75, 3.05) is 0 Å². The van der Waals surface area contributed by atoms with E-state index in [1.54, 1.807) is 0 Å². The highest BCUT2D eigenvalue weighted by Gasteiger charge is 2.10. The van der Waals surface area contributed by atoms with Crippen LogP contribution < -0.4 is 0 Å². The third kappa shape index (κ3) is 2.38. The molecule has 6 rings (SSSR count). The minimum Gasteiger partial charge on any atom is -0.0842 e. The first-order chi connectivity index (χ1) is 13.9. The standard InChI is InChI=1S/C28H20/c1-2-7-19(8-3-1)25-12-6-11-22-16-24-14-13-23-15-20-9-4-5-10-21(20)17-26(23)28(24)18-27(22)25/h1-2,4-7,9-18H,3,8H2. The van der Waals surface area contributed by atoms with Crippen molar-refractivity contribution in [3.63, 3.8) is 0 Å². The topological polar surface area (TPSA) is 0 Å². The summed E-state index contributed by atoms with van der Waals surface area (Å²) < 4.78 is 0. The summed E-state index contributed by atoms with van der Waals surface area (Å²) in [6.45, 7) is 0. The van der Waals surface area contributed by atoms with Gasteiger partial charge in [-0.1, -0.05) is 72.8 Å². The second kappa shape index (κ2) is 6.07. The molecule has 0 nitrogen and oxygen atoms in total. The van der Waals surface area contributed by atoms with E-state index in [4.69, 9.17) is 0 Å². The van der Waals surface area contributed by atoms with Gasteiger partial charge >= 0.3 is 0 Å². The Kier molecular flexibility index (Phi) is 3.39. The molecule has 28 heavy (non-hydrogen) atoms. The van der Waals surface area contributed by atoms with E-state index >= 15 is 0 Å². The van der Waals surface area contributed by atoms with Crippen LogP contribution in [-0.4, -0.2) is 0 Å². The molecule has 0 spiro atoms. The number of fused-ring (bicyclic) bond motifs is 5. The Bertz CT molecular complexity index is 1450. The quantitative estimate of drug-likeness (QED) is 0.211. The average molecular weight is 356 g/mol. The molecule has 0 bridgehead atoms. The van der Waals surface area contributed by atoms with Crippen molar-refractivity contribution in [3.8, 4) is 0 Å². The van der Waals surface area contributed by atoms with E-state index in [1.807, 2.05) is 0 Å². The predicted octanol–water partition coefficient (Wildman–Crippen LogP) is 8.03. The molecule has 0 N–H and O–H groups in total. The fourth-order valence-electron chi connectivity index (χ4n) is 4.63. The average Bonchev–Trinajstić information content (AvgIpc) is 2.76.